The molecule has 2 aromatic carbocycles. The van der Waals surface area contributed by atoms with Crippen molar-refractivity contribution in [2.75, 3.05) is 11.9 Å². The number of unbranched alkanes of at least 4 members (excludes halogenated alkanes) is 1. The van der Waals surface area contributed by atoms with E-state index in [0.29, 0.717) is 29.2 Å². The van der Waals surface area contributed by atoms with E-state index in [1.165, 1.54) is 0 Å². The van der Waals surface area contributed by atoms with Crippen LogP contribution in [0.4, 0.5) is 5.69 Å². The van der Waals surface area contributed by atoms with Gasteiger partial charge in [-0.3, -0.25) is 14.9 Å². The molecule has 0 saturated heterocycles. The standard InChI is InChI=1S/C22H27N3O3S/c1-4-5-12-28-19-11-7-9-17(14-19)21(27)25-22(29)24-18-10-6-8-16(13-18)20(26)23-15(2)3/h6-11,13-15H,4-5,12H2,1-3H3,(H,23,26)(H2,24,25,27,29). The molecule has 0 aliphatic rings. The number of hydrogen-bond donors (Lipinski definition) is 3. The molecule has 0 saturated carbocycles. The Labute approximate surface area is 177 Å². The van der Waals surface area contributed by atoms with Gasteiger partial charge in [0.05, 0.1) is 6.61 Å². The van der Waals surface area contributed by atoms with Crippen molar-refractivity contribution in [3.63, 3.8) is 0 Å². The first-order chi connectivity index (χ1) is 13.9. The molecule has 0 spiro atoms. The van der Waals surface area contributed by atoms with Crippen LogP contribution in [0.25, 0.3) is 0 Å². The zero-order chi connectivity index (χ0) is 21.2. The fraction of sp³-hybridized carbons (Fsp3) is 0.318. The quantitative estimate of drug-likeness (QED) is 0.448. The van der Waals surface area contributed by atoms with Crippen molar-refractivity contribution in [2.24, 2.45) is 0 Å². The zero-order valence-electron chi connectivity index (χ0n) is 17.0. The number of benzene rings is 2. The molecule has 0 fully saturated rings. The SMILES string of the molecule is CCCCOc1cccc(C(=O)NC(=S)Nc2cccc(C(=O)NC(C)C)c2)c1. The maximum Gasteiger partial charge on any atom is 0.257 e. The normalized spacial score (nSPS) is 10.3. The highest BCUT2D eigenvalue weighted by Gasteiger charge is 2.11. The van der Waals surface area contributed by atoms with Crippen LogP contribution in [0.5, 0.6) is 5.75 Å². The molecule has 6 nitrogen and oxygen atoms in total. The lowest BCUT2D eigenvalue weighted by molar-refractivity contribution is 0.0941. The number of hydrogen-bond acceptors (Lipinski definition) is 4. The molecule has 0 unspecified atom stereocenters. The summed E-state index contributed by atoms with van der Waals surface area (Å²) in [5.74, 6) is 0.143. The predicted octanol–water partition coefficient (Wildman–Crippen LogP) is 4.13. The molecule has 3 N–H and O–H groups in total. The van der Waals surface area contributed by atoms with E-state index in [0.717, 1.165) is 12.8 Å². The summed E-state index contributed by atoms with van der Waals surface area (Å²) in [6.07, 6.45) is 2.00. The second-order valence-electron chi connectivity index (χ2n) is 6.85. The lowest BCUT2D eigenvalue weighted by atomic mass is 10.2. The third-order valence-electron chi connectivity index (χ3n) is 3.89. The first-order valence-electron chi connectivity index (χ1n) is 9.65. The molecular weight excluding hydrogens is 386 g/mol. The Hall–Kier alpha value is -2.93. The molecule has 0 heterocycles. The van der Waals surface area contributed by atoms with E-state index < -0.39 is 0 Å². The second kappa shape index (κ2) is 11.2. The molecule has 0 aliphatic heterocycles. The van der Waals surface area contributed by atoms with Crippen molar-refractivity contribution in [3.8, 4) is 5.75 Å². The Morgan fingerprint density at radius 2 is 1.72 bits per heavy atom. The summed E-state index contributed by atoms with van der Waals surface area (Å²) in [4.78, 5) is 24.6. The van der Waals surface area contributed by atoms with Crippen LogP contribution in [-0.2, 0) is 0 Å². The van der Waals surface area contributed by atoms with Gasteiger partial charge in [-0.2, -0.15) is 0 Å². The summed E-state index contributed by atoms with van der Waals surface area (Å²) < 4.78 is 5.63. The van der Waals surface area contributed by atoms with E-state index in [2.05, 4.69) is 22.9 Å². The molecule has 0 bridgehead atoms. The van der Waals surface area contributed by atoms with E-state index in [1.807, 2.05) is 19.9 Å². The maximum absolute atomic E-state index is 12.5. The highest BCUT2D eigenvalue weighted by atomic mass is 32.1. The highest BCUT2D eigenvalue weighted by Crippen LogP contribution is 2.14. The van der Waals surface area contributed by atoms with Gasteiger partial charge in [0.2, 0.25) is 0 Å². The number of rotatable bonds is 8. The van der Waals surface area contributed by atoms with E-state index in [-0.39, 0.29) is 23.0 Å². The lowest BCUT2D eigenvalue weighted by Crippen LogP contribution is -2.34. The number of thiocarbonyl (C=S) groups is 1. The maximum atomic E-state index is 12.5. The molecule has 2 aromatic rings. The molecule has 2 rings (SSSR count). The topological polar surface area (TPSA) is 79.5 Å². The van der Waals surface area contributed by atoms with Gasteiger partial charge in [-0.1, -0.05) is 25.5 Å². The number of ether oxygens (including phenoxy) is 1. The summed E-state index contributed by atoms with van der Waals surface area (Å²) in [6, 6.07) is 13.9. The number of carbonyl (C=O) groups is 2. The van der Waals surface area contributed by atoms with Gasteiger partial charge in [0.15, 0.2) is 5.11 Å². The average Bonchev–Trinajstić information content (AvgIpc) is 2.68. The van der Waals surface area contributed by atoms with Crippen LogP contribution in [0.2, 0.25) is 0 Å². The Morgan fingerprint density at radius 3 is 2.41 bits per heavy atom. The highest BCUT2D eigenvalue weighted by molar-refractivity contribution is 7.80. The van der Waals surface area contributed by atoms with Crippen molar-refractivity contribution in [1.29, 1.82) is 0 Å². The fourth-order valence-corrected chi connectivity index (χ4v) is 2.69. The zero-order valence-corrected chi connectivity index (χ0v) is 17.8. The second-order valence-corrected chi connectivity index (χ2v) is 7.26. The summed E-state index contributed by atoms with van der Waals surface area (Å²) in [7, 11) is 0. The first kappa shape index (κ1) is 22.4. The van der Waals surface area contributed by atoms with Crippen LogP contribution in [0.15, 0.2) is 48.5 Å². The Morgan fingerprint density at radius 1 is 1.03 bits per heavy atom. The molecule has 0 aliphatic carbocycles. The first-order valence-corrected chi connectivity index (χ1v) is 10.1. The number of carbonyl (C=O) groups excluding carboxylic acids is 2. The minimum atomic E-state index is -0.336. The van der Waals surface area contributed by atoms with Gasteiger partial charge in [-0.05, 0) is 68.9 Å². The molecule has 0 aromatic heterocycles. The average molecular weight is 414 g/mol. The van der Waals surface area contributed by atoms with Crippen LogP contribution < -0.4 is 20.7 Å². The molecule has 7 heteroatoms. The van der Waals surface area contributed by atoms with Gasteiger partial charge >= 0.3 is 0 Å². The van der Waals surface area contributed by atoms with Gasteiger partial charge in [-0.25, -0.2) is 0 Å². The van der Waals surface area contributed by atoms with E-state index in [1.54, 1.807) is 42.5 Å². The van der Waals surface area contributed by atoms with Crippen LogP contribution in [-0.4, -0.2) is 29.6 Å². The number of nitrogens with one attached hydrogen (secondary N) is 3. The molecule has 0 atom stereocenters. The molecule has 2 amide bonds. The van der Waals surface area contributed by atoms with Crippen molar-refractivity contribution < 1.29 is 14.3 Å². The van der Waals surface area contributed by atoms with Crippen molar-refractivity contribution in [1.82, 2.24) is 10.6 Å². The lowest BCUT2D eigenvalue weighted by Gasteiger charge is -2.12. The van der Waals surface area contributed by atoms with Crippen LogP contribution >= 0.6 is 12.2 Å². The van der Waals surface area contributed by atoms with E-state index in [9.17, 15) is 9.59 Å². The molecule has 29 heavy (non-hydrogen) atoms. The fourth-order valence-electron chi connectivity index (χ4n) is 2.48. The van der Waals surface area contributed by atoms with Gasteiger partial charge in [0, 0.05) is 22.9 Å². The van der Waals surface area contributed by atoms with E-state index in [4.69, 9.17) is 17.0 Å². The van der Waals surface area contributed by atoms with Gasteiger partial charge in [-0.15, -0.1) is 0 Å². The monoisotopic (exact) mass is 413 g/mol. The van der Waals surface area contributed by atoms with Crippen LogP contribution in [0.1, 0.15) is 54.3 Å². The Balaban J connectivity index is 1.96. The summed E-state index contributed by atoms with van der Waals surface area (Å²) in [5.41, 5.74) is 1.58. The van der Waals surface area contributed by atoms with Crippen molar-refractivity contribution in [3.05, 3.63) is 59.7 Å². The van der Waals surface area contributed by atoms with Gasteiger partial charge in [0.25, 0.3) is 11.8 Å². The summed E-state index contributed by atoms with van der Waals surface area (Å²) in [6.45, 7) is 6.50. The van der Waals surface area contributed by atoms with Gasteiger partial charge < -0.3 is 15.4 Å². The van der Waals surface area contributed by atoms with Crippen molar-refractivity contribution >= 4 is 34.8 Å². The smallest absolute Gasteiger partial charge is 0.257 e. The van der Waals surface area contributed by atoms with Crippen molar-refractivity contribution in [2.45, 2.75) is 39.7 Å². The third-order valence-corrected chi connectivity index (χ3v) is 4.10. The number of anilines is 1. The van der Waals surface area contributed by atoms with Crippen LogP contribution in [0.3, 0.4) is 0 Å². The largest absolute Gasteiger partial charge is 0.494 e. The number of amides is 2. The summed E-state index contributed by atoms with van der Waals surface area (Å²) >= 11 is 5.23. The van der Waals surface area contributed by atoms with Gasteiger partial charge in [0.1, 0.15) is 5.75 Å². The Kier molecular flexibility index (Phi) is 8.61. The molecule has 0 radical (unpaired) electrons. The van der Waals surface area contributed by atoms with E-state index >= 15 is 0 Å². The minimum absolute atomic E-state index is 0.0428. The summed E-state index contributed by atoms with van der Waals surface area (Å²) in [5, 5.41) is 8.56. The molecular formula is C22H27N3O3S. The minimum Gasteiger partial charge on any atom is -0.494 e. The Bertz CT molecular complexity index is 868. The molecule has 154 valence electrons. The predicted molar refractivity (Wildman–Crippen MR) is 120 cm³/mol. The van der Waals surface area contributed by atoms with Crippen LogP contribution in [0, 0.1) is 0 Å². The third kappa shape index (κ3) is 7.54.